The molecule has 1 aliphatic heterocycles. The molecule has 3 atom stereocenters. The van der Waals surface area contributed by atoms with Crippen molar-refractivity contribution in [3.05, 3.63) is 17.0 Å². The predicted molar refractivity (Wildman–Crippen MR) is 88.4 cm³/mol. The van der Waals surface area contributed by atoms with Gasteiger partial charge in [0.1, 0.15) is 5.76 Å². The van der Waals surface area contributed by atoms with E-state index in [0.717, 1.165) is 30.1 Å². The highest BCUT2D eigenvalue weighted by molar-refractivity contribution is 5.76. The monoisotopic (exact) mass is 323 g/mol. The largest absolute Gasteiger partial charge is 0.373 e. The minimum atomic E-state index is 0.0752. The van der Waals surface area contributed by atoms with Crippen LogP contribution in [0.5, 0.6) is 0 Å². The third-order valence-electron chi connectivity index (χ3n) is 4.45. The zero-order chi connectivity index (χ0) is 17.0. The molecule has 6 nitrogen and oxygen atoms in total. The highest BCUT2D eigenvalue weighted by Gasteiger charge is 2.25. The number of morpholine rings is 1. The van der Waals surface area contributed by atoms with Gasteiger partial charge >= 0.3 is 0 Å². The summed E-state index contributed by atoms with van der Waals surface area (Å²) in [6.07, 6.45) is 1.63. The Morgan fingerprint density at radius 3 is 2.57 bits per heavy atom. The molecule has 1 saturated heterocycles. The average Bonchev–Trinajstić information content (AvgIpc) is 2.80. The third-order valence-corrected chi connectivity index (χ3v) is 4.45. The Hall–Kier alpha value is -1.40. The van der Waals surface area contributed by atoms with Crippen molar-refractivity contribution < 1.29 is 14.1 Å². The number of amides is 1. The summed E-state index contributed by atoms with van der Waals surface area (Å²) in [5, 5.41) is 6.96. The fourth-order valence-electron chi connectivity index (χ4n) is 3.15. The molecule has 0 aliphatic carbocycles. The minimum absolute atomic E-state index is 0.0752. The first-order valence-electron chi connectivity index (χ1n) is 8.44. The van der Waals surface area contributed by atoms with Crippen LogP contribution in [0.3, 0.4) is 0 Å². The van der Waals surface area contributed by atoms with Crippen LogP contribution in [-0.4, -0.2) is 53.8 Å². The van der Waals surface area contributed by atoms with Crippen LogP contribution in [0.1, 0.15) is 44.2 Å². The summed E-state index contributed by atoms with van der Waals surface area (Å²) in [7, 11) is 0. The number of hydrogen-bond donors (Lipinski definition) is 1. The molecule has 2 heterocycles. The topological polar surface area (TPSA) is 67.6 Å². The van der Waals surface area contributed by atoms with Gasteiger partial charge in [0.15, 0.2) is 0 Å². The zero-order valence-corrected chi connectivity index (χ0v) is 14.9. The van der Waals surface area contributed by atoms with Gasteiger partial charge in [0, 0.05) is 37.7 Å². The lowest BCUT2D eigenvalue weighted by Gasteiger charge is -2.39. The summed E-state index contributed by atoms with van der Waals surface area (Å²) in [6.45, 7) is 12.6. The molecule has 2 rings (SSSR count). The molecule has 0 aromatic carbocycles. The Morgan fingerprint density at radius 2 is 2.00 bits per heavy atom. The van der Waals surface area contributed by atoms with Gasteiger partial charge < -0.3 is 14.6 Å². The lowest BCUT2D eigenvalue weighted by molar-refractivity contribution is -0.121. The summed E-state index contributed by atoms with van der Waals surface area (Å²) in [4.78, 5) is 14.5. The molecule has 1 aromatic heterocycles. The van der Waals surface area contributed by atoms with Crippen molar-refractivity contribution >= 4 is 5.91 Å². The van der Waals surface area contributed by atoms with Gasteiger partial charge in [-0.15, -0.1) is 0 Å². The fourth-order valence-corrected chi connectivity index (χ4v) is 3.15. The molecule has 0 radical (unpaired) electrons. The Bertz CT molecular complexity index is 500. The summed E-state index contributed by atoms with van der Waals surface area (Å²) < 4.78 is 10.9. The van der Waals surface area contributed by atoms with E-state index in [1.54, 1.807) is 0 Å². The summed E-state index contributed by atoms with van der Waals surface area (Å²) in [6, 6.07) is 0.312. The number of aryl methyl sites for hydroxylation is 2. The molecule has 0 spiro atoms. The zero-order valence-electron chi connectivity index (χ0n) is 14.9. The van der Waals surface area contributed by atoms with E-state index in [9.17, 15) is 4.79 Å². The SMILES string of the molecule is Cc1noc(C)c1CCC(=O)NC[C@H](C)N1C[C@@H](C)O[C@H](C)C1. The van der Waals surface area contributed by atoms with E-state index >= 15 is 0 Å². The van der Waals surface area contributed by atoms with Gasteiger partial charge in [-0.3, -0.25) is 9.69 Å². The summed E-state index contributed by atoms with van der Waals surface area (Å²) >= 11 is 0. The molecule has 23 heavy (non-hydrogen) atoms. The van der Waals surface area contributed by atoms with Crippen LogP contribution in [0.15, 0.2) is 4.52 Å². The van der Waals surface area contributed by atoms with Crippen LogP contribution in [0.25, 0.3) is 0 Å². The second-order valence-corrected chi connectivity index (χ2v) is 6.67. The number of rotatable bonds is 6. The molecule has 0 unspecified atom stereocenters. The van der Waals surface area contributed by atoms with E-state index in [0.29, 0.717) is 25.4 Å². The van der Waals surface area contributed by atoms with E-state index in [4.69, 9.17) is 9.26 Å². The lowest BCUT2D eigenvalue weighted by atomic mass is 10.1. The Balaban J connectivity index is 1.73. The van der Waals surface area contributed by atoms with Crippen LogP contribution in [-0.2, 0) is 16.0 Å². The van der Waals surface area contributed by atoms with Gasteiger partial charge in [0.05, 0.1) is 17.9 Å². The maximum Gasteiger partial charge on any atom is 0.220 e. The maximum absolute atomic E-state index is 12.1. The number of carbonyl (C=O) groups is 1. The highest BCUT2D eigenvalue weighted by Crippen LogP contribution is 2.15. The fraction of sp³-hybridized carbons (Fsp3) is 0.765. The van der Waals surface area contributed by atoms with Crippen molar-refractivity contribution in [2.45, 2.75) is 65.7 Å². The van der Waals surface area contributed by atoms with E-state index in [1.165, 1.54) is 0 Å². The van der Waals surface area contributed by atoms with E-state index in [2.05, 4.69) is 36.1 Å². The number of carbonyl (C=O) groups excluding carboxylic acids is 1. The van der Waals surface area contributed by atoms with Gasteiger partial charge in [-0.05, 0) is 41.0 Å². The molecule has 0 saturated carbocycles. The molecule has 6 heteroatoms. The van der Waals surface area contributed by atoms with Crippen molar-refractivity contribution in [1.82, 2.24) is 15.4 Å². The molecule has 1 fully saturated rings. The Labute approximate surface area is 138 Å². The Morgan fingerprint density at radius 1 is 1.35 bits per heavy atom. The molecule has 1 aliphatic rings. The average molecular weight is 323 g/mol. The second-order valence-electron chi connectivity index (χ2n) is 6.67. The van der Waals surface area contributed by atoms with Crippen LogP contribution in [0, 0.1) is 13.8 Å². The first-order chi connectivity index (χ1) is 10.9. The number of aromatic nitrogens is 1. The predicted octanol–water partition coefficient (Wildman–Crippen LogP) is 1.84. The van der Waals surface area contributed by atoms with Crippen molar-refractivity contribution in [1.29, 1.82) is 0 Å². The van der Waals surface area contributed by atoms with Gasteiger partial charge in [-0.25, -0.2) is 0 Å². The third kappa shape index (κ3) is 5.04. The van der Waals surface area contributed by atoms with Crippen molar-refractivity contribution in [2.24, 2.45) is 0 Å². The van der Waals surface area contributed by atoms with Gasteiger partial charge in [0.25, 0.3) is 0 Å². The van der Waals surface area contributed by atoms with E-state index in [1.807, 2.05) is 13.8 Å². The minimum Gasteiger partial charge on any atom is -0.373 e. The second kappa shape index (κ2) is 7.93. The number of ether oxygens (including phenoxy) is 1. The molecular weight excluding hydrogens is 294 g/mol. The van der Waals surface area contributed by atoms with Crippen molar-refractivity contribution in [3.8, 4) is 0 Å². The van der Waals surface area contributed by atoms with Crippen LogP contribution >= 0.6 is 0 Å². The van der Waals surface area contributed by atoms with Crippen LogP contribution in [0.2, 0.25) is 0 Å². The van der Waals surface area contributed by atoms with E-state index < -0.39 is 0 Å². The molecule has 0 bridgehead atoms. The van der Waals surface area contributed by atoms with Gasteiger partial charge in [-0.2, -0.15) is 0 Å². The number of nitrogens with one attached hydrogen (secondary N) is 1. The first kappa shape index (κ1) is 17.9. The van der Waals surface area contributed by atoms with Crippen LogP contribution < -0.4 is 5.32 Å². The lowest BCUT2D eigenvalue weighted by Crippen LogP contribution is -2.52. The van der Waals surface area contributed by atoms with Crippen LogP contribution in [0.4, 0.5) is 0 Å². The number of hydrogen-bond acceptors (Lipinski definition) is 5. The summed E-state index contributed by atoms with van der Waals surface area (Å²) in [5.74, 6) is 0.881. The van der Waals surface area contributed by atoms with Crippen molar-refractivity contribution in [2.75, 3.05) is 19.6 Å². The summed E-state index contributed by atoms with van der Waals surface area (Å²) in [5.41, 5.74) is 1.92. The molecule has 1 aromatic rings. The standard InChI is InChI=1S/C17H29N3O3/c1-11(20-9-12(2)22-13(3)10-20)8-18-17(21)7-6-16-14(4)19-23-15(16)5/h11-13H,6-10H2,1-5H3,(H,18,21)/t11-,12+,13+/m0/s1. The smallest absolute Gasteiger partial charge is 0.220 e. The molecule has 1 N–H and O–H groups in total. The maximum atomic E-state index is 12.1. The molecule has 1 amide bonds. The quantitative estimate of drug-likeness (QED) is 0.865. The highest BCUT2D eigenvalue weighted by atomic mass is 16.5. The normalized spacial score (nSPS) is 23.7. The molecular formula is C17H29N3O3. The van der Waals surface area contributed by atoms with Gasteiger partial charge in [-0.1, -0.05) is 5.16 Å². The molecule has 130 valence electrons. The first-order valence-corrected chi connectivity index (χ1v) is 8.44. The number of nitrogens with zero attached hydrogens (tertiary/aromatic N) is 2. The van der Waals surface area contributed by atoms with E-state index in [-0.39, 0.29) is 18.1 Å². The van der Waals surface area contributed by atoms with Crippen molar-refractivity contribution in [3.63, 3.8) is 0 Å². The van der Waals surface area contributed by atoms with Gasteiger partial charge in [0.2, 0.25) is 5.91 Å². The Kier molecular flexibility index (Phi) is 6.18.